The van der Waals surface area contributed by atoms with Crippen LogP contribution in [0, 0.1) is 3.77 Å². The number of likely N-dealkylation sites (N-methyl/N-ethyl adjacent to an activating group) is 1. The molecule has 4 rings (SSSR count). The number of ether oxygens (including phenoxy) is 2. The number of hydrogen-bond donors (Lipinski definition) is 0. The Bertz CT molecular complexity index is 1480. The van der Waals surface area contributed by atoms with E-state index in [0.29, 0.717) is 56.5 Å². The van der Waals surface area contributed by atoms with Crippen molar-refractivity contribution >= 4 is 45.9 Å². The lowest BCUT2D eigenvalue weighted by atomic mass is 9.93. The molecule has 1 amide bonds. The normalized spacial score (nSPS) is 15.6. The van der Waals surface area contributed by atoms with E-state index in [1.807, 2.05) is 39.0 Å². The van der Waals surface area contributed by atoms with E-state index in [1.54, 1.807) is 41.9 Å². The van der Waals surface area contributed by atoms with Crippen molar-refractivity contribution in [2.24, 2.45) is 4.99 Å². The molecule has 3 aromatic rings. The molecule has 35 heavy (non-hydrogen) atoms. The number of carbonyl (C=O) groups is 1. The first-order chi connectivity index (χ1) is 16.8. The van der Waals surface area contributed by atoms with Gasteiger partial charge in [0.25, 0.3) is 11.5 Å². The molecule has 0 fully saturated rings. The van der Waals surface area contributed by atoms with Crippen LogP contribution in [0.3, 0.4) is 0 Å². The Hall–Kier alpha value is -2.86. The molecular formula is C25H26IN3O5S. The molecule has 0 spiro atoms. The number of amides is 1. The van der Waals surface area contributed by atoms with Crippen molar-refractivity contribution in [2.75, 3.05) is 27.3 Å². The Morgan fingerprint density at radius 3 is 2.57 bits per heavy atom. The van der Waals surface area contributed by atoms with E-state index < -0.39 is 6.04 Å². The van der Waals surface area contributed by atoms with Gasteiger partial charge in [0.05, 0.1) is 30.0 Å². The maximum absolute atomic E-state index is 13.8. The van der Waals surface area contributed by atoms with Gasteiger partial charge in [-0.3, -0.25) is 14.2 Å². The maximum atomic E-state index is 13.8. The number of rotatable bonds is 7. The number of aromatic nitrogens is 1. The lowest BCUT2D eigenvalue weighted by molar-refractivity contribution is -0.127. The summed E-state index contributed by atoms with van der Waals surface area (Å²) in [6.45, 7) is 6.74. The first-order valence-corrected chi connectivity index (χ1v) is 13.0. The van der Waals surface area contributed by atoms with E-state index in [1.165, 1.54) is 11.3 Å². The highest BCUT2D eigenvalue weighted by Gasteiger charge is 2.36. The predicted molar refractivity (Wildman–Crippen MR) is 143 cm³/mol. The standard InChI is InChI=1S/C25H26IN3O5S/c1-6-28(7-2)24(31)21-14(3)27-25-29(22(21)17-12-15(32-4)8-10-18(17)33-5)23(30)19(35-25)13-16-9-11-20(26)34-16/h8-13,22H,6-7H2,1-5H3/b19-13+/t22-/m1/s1. The fraction of sp³-hybridized carbons (Fsp3) is 0.320. The van der Waals surface area contributed by atoms with Crippen LogP contribution in [-0.4, -0.2) is 42.7 Å². The van der Waals surface area contributed by atoms with Gasteiger partial charge in [-0.1, -0.05) is 11.3 Å². The van der Waals surface area contributed by atoms with Gasteiger partial charge in [-0.15, -0.1) is 0 Å². The van der Waals surface area contributed by atoms with E-state index in [9.17, 15) is 9.59 Å². The summed E-state index contributed by atoms with van der Waals surface area (Å²) in [7, 11) is 3.14. The summed E-state index contributed by atoms with van der Waals surface area (Å²) >= 11 is 3.34. The average molecular weight is 607 g/mol. The van der Waals surface area contributed by atoms with Crippen LogP contribution in [-0.2, 0) is 4.79 Å². The molecule has 0 radical (unpaired) electrons. The van der Waals surface area contributed by atoms with Crippen molar-refractivity contribution in [3.63, 3.8) is 0 Å². The SMILES string of the molecule is CCN(CC)C(=O)C1=C(C)N=c2s/c(=C/c3ccc(I)o3)c(=O)n2[C@@H]1c1cc(OC)ccc1OC. The molecule has 0 saturated heterocycles. The van der Waals surface area contributed by atoms with Gasteiger partial charge in [0.1, 0.15) is 23.3 Å². The van der Waals surface area contributed by atoms with E-state index in [-0.39, 0.29) is 11.5 Å². The highest BCUT2D eigenvalue weighted by atomic mass is 127. The summed E-state index contributed by atoms with van der Waals surface area (Å²) in [6.07, 6.45) is 1.71. The van der Waals surface area contributed by atoms with Crippen molar-refractivity contribution in [3.8, 4) is 11.5 Å². The minimum absolute atomic E-state index is 0.166. The number of furan rings is 1. The molecular weight excluding hydrogens is 581 g/mol. The number of nitrogens with zero attached hydrogens (tertiary/aromatic N) is 3. The molecule has 8 nitrogen and oxygen atoms in total. The van der Waals surface area contributed by atoms with Gasteiger partial charge in [0, 0.05) is 24.7 Å². The molecule has 10 heteroatoms. The lowest BCUT2D eigenvalue weighted by Gasteiger charge is -2.30. The number of allylic oxidation sites excluding steroid dienone is 1. The van der Waals surface area contributed by atoms with Gasteiger partial charge < -0.3 is 18.8 Å². The van der Waals surface area contributed by atoms with Crippen LogP contribution in [0.5, 0.6) is 11.5 Å². The minimum Gasteiger partial charge on any atom is -0.497 e. The third kappa shape index (κ3) is 4.68. The molecule has 0 aliphatic carbocycles. The number of methoxy groups -OCH3 is 2. The maximum Gasteiger partial charge on any atom is 0.271 e. The molecule has 184 valence electrons. The summed E-state index contributed by atoms with van der Waals surface area (Å²) in [5.74, 6) is 1.55. The third-order valence-electron chi connectivity index (χ3n) is 5.90. The number of thiazole rings is 1. The van der Waals surface area contributed by atoms with Crippen molar-refractivity contribution in [2.45, 2.75) is 26.8 Å². The number of carbonyl (C=O) groups excluding carboxylic acids is 1. The Labute approximate surface area is 220 Å². The summed E-state index contributed by atoms with van der Waals surface area (Å²) in [5, 5.41) is 0. The number of fused-ring (bicyclic) bond motifs is 1. The van der Waals surface area contributed by atoms with Crippen LogP contribution >= 0.6 is 33.9 Å². The Morgan fingerprint density at radius 2 is 1.97 bits per heavy atom. The number of hydrogen-bond acceptors (Lipinski definition) is 7. The zero-order valence-corrected chi connectivity index (χ0v) is 23.1. The highest BCUT2D eigenvalue weighted by molar-refractivity contribution is 14.1. The van der Waals surface area contributed by atoms with Crippen molar-refractivity contribution in [1.29, 1.82) is 0 Å². The third-order valence-corrected chi connectivity index (χ3v) is 7.46. The second kappa shape index (κ2) is 10.4. The molecule has 1 aliphatic rings. The van der Waals surface area contributed by atoms with Crippen LogP contribution in [0.2, 0.25) is 0 Å². The van der Waals surface area contributed by atoms with Crippen LogP contribution in [0.25, 0.3) is 6.08 Å². The molecule has 2 aromatic heterocycles. The first-order valence-electron chi connectivity index (χ1n) is 11.1. The summed E-state index contributed by atoms with van der Waals surface area (Å²) in [6, 6.07) is 8.28. The van der Waals surface area contributed by atoms with Crippen molar-refractivity contribution in [1.82, 2.24) is 9.47 Å². The first kappa shape index (κ1) is 25.2. The van der Waals surface area contributed by atoms with Crippen molar-refractivity contribution < 1.29 is 18.7 Å². The average Bonchev–Trinajstić information content (AvgIpc) is 3.40. The van der Waals surface area contributed by atoms with Gasteiger partial charge in [-0.25, -0.2) is 4.99 Å². The monoisotopic (exact) mass is 607 g/mol. The number of benzene rings is 1. The molecule has 1 aliphatic heterocycles. The van der Waals surface area contributed by atoms with Crippen LogP contribution in [0.4, 0.5) is 0 Å². The summed E-state index contributed by atoms with van der Waals surface area (Å²) in [4.78, 5) is 34.4. The zero-order chi connectivity index (χ0) is 25.3. The van der Waals surface area contributed by atoms with Crippen molar-refractivity contribution in [3.05, 3.63) is 76.4 Å². The Balaban J connectivity index is 2.03. The molecule has 1 aromatic carbocycles. The van der Waals surface area contributed by atoms with E-state index in [4.69, 9.17) is 18.9 Å². The summed E-state index contributed by atoms with van der Waals surface area (Å²) < 4.78 is 19.5. The quantitative estimate of drug-likeness (QED) is 0.385. The smallest absolute Gasteiger partial charge is 0.271 e. The van der Waals surface area contributed by atoms with Crippen LogP contribution in [0.1, 0.15) is 38.1 Å². The Morgan fingerprint density at radius 1 is 1.23 bits per heavy atom. The van der Waals surface area contributed by atoms with E-state index >= 15 is 0 Å². The molecule has 0 bridgehead atoms. The van der Waals surface area contributed by atoms with Crippen LogP contribution in [0.15, 0.2) is 55.8 Å². The topological polar surface area (TPSA) is 86.3 Å². The molecule has 0 saturated carbocycles. The summed E-state index contributed by atoms with van der Waals surface area (Å²) in [5.41, 5.74) is 1.40. The van der Waals surface area contributed by atoms with Crippen LogP contribution < -0.4 is 24.4 Å². The Kier molecular flexibility index (Phi) is 7.50. The highest BCUT2D eigenvalue weighted by Crippen LogP contribution is 2.38. The predicted octanol–water partition coefficient (Wildman–Crippen LogP) is 3.32. The molecule has 0 N–H and O–H groups in total. The fourth-order valence-corrected chi connectivity index (χ4v) is 5.62. The van der Waals surface area contributed by atoms with Gasteiger partial charge in [-0.05, 0) is 73.7 Å². The van der Waals surface area contributed by atoms with Gasteiger partial charge >= 0.3 is 0 Å². The molecule has 0 unspecified atom stereocenters. The second-order valence-corrected chi connectivity index (χ2v) is 9.88. The molecule has 3 heterocycles. The van der Waals surface area contributed by atoms with Gasteiger partial charge in [0.2, 0.25) is 0 Å². The van der Waals surface area contributed by atoms with E-state index in [0.717, 1.165) is 3.77 Å². The second-order valence-electron chi connectivity index (χ2n) is 7.81. The van der Waals surface area contributed by atoms with Gasteiger partial charge in [-0.2, -0.15) is 0 Å². The number of halogens is 1. The minimum atomic E-state index is -0.733. The largest absolute Gasteiger partial charge is 0.497 e. The zero-order valence-electron chi connectivity index (χ0n) is 20.1. The van der Waals surface area contributed by atoms with Gasteiger partial charge in [0.15, 0.2) is 8.57 Å². The fourth-order valence-electron chi connectivity index (χ4n) is 4.16. The molecule has 1 atom stereocenters. The lowest BCUT2D eigenvalue weighted by Crippen LogP contribution is -2.43. The van der Waals surface area contributed by atoms with E-state index in [2.05, 4.69) is 22.6 Å².